The van der Waals surface area contributed by atoms with E-state index in [1.807, 2.05) is 49.4 Å². The van der Waals surface area contributed by atoms with Crippen LogP contribution in [0.5, 0.6) is 5.75 Å². The molecule has 3 aromatic rings. The molecule has 1 aromatic heterocycles. The predicted octanol–water partition coefficient (Wildman–Crippen LogP) is 5.14. The summed E-state index contributed by atoms with van der Waals surface area (Å²) in [6.07, 6.45) is 4.52. The third kappa shape index (κ3) is 6.61. The number of aromatic amines is 1. The van der Waals surface area contributed by atoms with Gasteiger partial charge in [-0.3, -0.25) is 5.10 Å². The number of benzene rings is 2. The average Bonchev–Trinajstić information content (AvgIpc) is 3.55. The molecule has 0 aliphatic heterocycles. The quantitative estimate of drug-likeness (QED) is 0.303. The first-order chi connectivity index (χ1) is 16.7. The summed E-state index contributed by atoms with van der Waals surface area (Å²) in [5, 5.41) is 16.7. The van der Waals surface area contributed by atoms with Crippen molar-refractivity contribution < 1.29 is 18.3 Å². The molecule has 1 fully saturated rings. The molecule has 0 bridgehead atoms. The van der Waals surface area contributed by atoms with Crippen LogP contribution in [0.15, 0.2) is 61.7 Å². The van der Waals surface area contributed by atoms with Crippen molar-refractivity contribution in [1.29, 1.82) is 0 Å². The Morgan fingerprint density at radius 2 is 2.00 bits per heavy atom. The Balaban J connectivity index is 1.41. The van der Waals surface area contributed by atoms with Crippen LogP contribution in [0.2, 0.25) is 0 Å². The summed E-state index contributed by atoms with van der Waals surface area (Å²) in [6.45, 7) is 9.85. The summed E-state index contributed by atoms with van der Waals surface area (Å²) in [7, 11) is -3.59. The molecule has 1 aliphatic carbocycles. The molecule has 1 heterocycles. The largest absolute Gasteiger partial charge is 0.506 e. The van der Waals surface area contributed by atoms with Crippen molar-refractivity contribution in [2.45, 2.75) is 38.0 Å². The average molecular weight is 494 g/mol. The SMILES string of the molecule is C=Cc1c(C(=C)O)n[nH]c1Cc1cccc(CS(=O)(=O)N[C@H](C)c2cccc(OCC3CC3)c2)c1. The zero-order chi connectivity index (χ0) is 25.0. The highest BCUT2D eigenvalue weighted by molar-refractivity contribution is 7.88. The van der Waals surface area contributed by atoms with Crippen LogP contribution in [-0.4, -0.2) is 30.3 Å². The van der Waals surface area contributed by atoms with Gasteiger partial charge >= 0.3 is 0 Å². The van der Waals surface area contributed by atoms with E-state index in [0.29, 0.717) is 35.8 Å². The van der Waals surface area contributed by atoms with Gasteiger partial charge in [-0.05, 0) is 54.5 Å². The molecule has 7 nitrogen and oxygen atoms in total. The maximum atomic E-state index is 12.9. The number of nitrogens with one attached hydrogen (secondary N) is 2. The molecule has 0 saturated heterocycles. The zero-order valence-electron chi connectivity index (χ0n) is 19.8. The topological polar surface area (TPSA) is 104 Å². The van der Waals surface area contributed by atoms with Crippen molar-refractivity contribution in [2.24, 2.45) is 5.92 Å². The summed E-state index contributed by atoms with van der Waals surface area (Å²) < 4.78 is 34.5. The lowest BCUT2D eigenvalue weighted by Crippen LogP contribution is -2.28. The summed E-state index contributed by atoms with van der Waals surface area (Å²) >= 11 is 0. The van der Waals surface area contributed by atoms with Crippen molar-refractivity contribution >= 4 is 21.9 Å². The Morgan fingerprint density at radius 1 is 1.26 bits per heavy atom. The van der Waals surface area contributed by atoms with Crippen molar-refractivity contribution in [3.63, 3.8) is 0 Å². The number of aliphatic hydroxyl groups is 1. The van der Waals surface area contributed by atoms with Crippen LogP contribution in [0.4, 0.5) is 0 Å². The second-order valence-corrected chi connectivity index (χ2v) is 10.8. The normalized spacial score (nSPS) is 14.4. The van der Waals surface area contributed by atoms with Crippen molar-refractivity contribution in [3.05, 3.63) is 95.3 Å². The van der Waals surface area contributed by atoms with E-state index in [4.69, 9.17) is 4.74 Å². The van der Waals surface area contributed by atoms with Gasteiger partial charge in [0, 0.05) is 23.7 Å². The number of aromatic nitrogens is 2. The molecule has 0 radical (unpaired) electrons. The number of rotatable bonds is 12. The van der Waals surface area contributed by atoms with Crippen LogP contribution in [0.1, 0.15) is 59.4 Å². The van der Waals surface area contributed by atoms with E-state index in [1.165, 1.54) is 12.8 Å². The van der Waals surface area contributed by atoms with Gasteiger partial charge in [-0.15, -0.1) is 0 Å². The summed E-state index contributed by atoms with van der Waals surface area (Å²) in [4.78, 5) is 0. The van der Waals surface area contributed by atoms with Crippen molar-refractivity contribution in [2.75, 3.05) is 6.61 Å². The Kier molecular flexibility index (Phi) is 7.42. The van der Waals surface area contributed by atoms with E-state index in [-0.39, 0.29) is 11.5 Å². The van der Waals surface area contributed by atoms with Crippen molar-refractivity contribution in [3.8, 4) is 5.75 Å². The minimum atomic E-state index is -3.59. The molecule has 8 heteroatoms. The molecular weight excluding hydrogens is 462 g/mol. The molecule has 3 N–H and O–H groups in total. The van der Waals surface area contributed by atoms with Crippen LogP contribution in [0.3, 0.4) is 0 Å². The monoisotopic (exact) mass is 493 g/mol. The minimum Gasteiger partial charge on any atom is -0.506 e. The number of hydrogen-bond acceptors (Lipinski definition) is 5. The van der Waals surface area contributed by atoms with Crippen LogP contribution in [-0.2, 0) is 22.2 Å². The smallest absolute Gasteiger partial charge is 0.216 e. The molecule has 4 rings (SSSR count). The van der Waals surface area contributed by atoms with Crippen LogP contribution >= 0.6 is 0 Å². The van der Waals surface area contributed by atoms with Gasteiger partial charge in [0.2, 0.25) is 10.0 Å². The maximum absolute atomic E-state index is 12.9. The van der Waals surface area contributed by atoms with Gasteiger partial charge in [0.25, 0.3) is 0 Å². The van der Waals surface area contributed by atoms with Gasteiger partial charge in [-0.25, -0.2) is 13.1 Å². The van der Waals surface area contributed by atoms with Gasteiger partial charge in [0.05, 0.1) is 12.4 Å². The number of ether oxygens (including phenoxy) is 1. The van der Waals surface area contributed by atoms with E-state index >= 15 is 0 Å². The predicted molar refractivity (Wildman–Crippen MR) is 138 cm³/mol. The number of aliphatic hydroxyl groups excluding tert-OH is 1. The van der Waals surface area contributed by atoms with E-state index < -0.39 is 16.1 Å². The molecule has 0 unspecified atom stereocenters. The second kappa shape index (κ2) is 10.5. The summed E-state index contributed by atoms with van der Waals surface area (Å²) in [6, 6.07) is 14.6. The number of sulfonamides is 1. The van der Waals surface area contributed by atoms with Gasteiger partial charge in [0.15, 0.2) is 0 Å². The number of nitrogens with zero attached hydrogens (tertiary/aromatic N) is 1. The van der Waals surface area contributed by atoms with Crippen LogP contribution in [0, 0.1) is 5.92 Å². The van der Waals surface area contributed by atoms with Gasteiger partial charge < -0.3 is 9.84 Å². The number of hydrogen-bond donors (Lipinski definition) is 3. The van der Waals surface area contributed by atoms with Crippen LogP contribution < -0.4 is 9.46 Å². The number of H-pyrrole nitrogens is 1. The van der Waals surface area contributed by atoms with E-state index in [0.717, 1.165) is 22.6 Å². The zero-order valence-corrected chi connectivity index (χ0v) is 20.6. The fraction of sp³-hybridized carbons (Fsp3) is 0.296. The van der Waals surface area contributed by atoms with Crippen LogP contribution in [0.25, 0.3) is 11.8 Å². The molecule has 0 spiro atoms. The fourth-order valence-electron chi connectivity index (χ4n) is 3.97. The van der Waals surface area contributed by atoms with E-state index in [9.17, 15) is 13.5 Å². The Morgan fingerprint density at radius 3 is 2.71 bits per heavy atom. The lowest BCUT2D eigenvalue weighted by Gasteiger charge is -2.16. The molecule has 1 atom stereocenters. The highest BCUT2D eigenvalue weighted by atomic mass is 32.2. The Bertz CT molecular complexity index is 1330. The fourth-order valence-corrected chi connectivity index (χ4v) is 5.34. The Hall–Kier alpha value is -3.36. The van der Waals surface area contributed by atoms with E-state index in [1.54, 1.807) is 12.1 Å². The third-order valence-corrected chi connectivity index (χ3v) is 7.41. The summed E-state index contributed by atoms with van der Waals surface area (Å²) in [5.41, 5.74) is 4.24. The highest BCUT2D eigenvalue weighted by Gasteiger charge is 2.22. The van der Waals surface area contributed by atoms with Gasteiger partial charge in [-0.1, -0.05) is 55.6 Å². The Labute approximate surface area is 206 Å². The maximum Gasteiger partial charge on any atom is 0.216 e. The van der Waals surface area contributed by atoms with Gasteiger partial charge in [-0.2, -0.15) is 5.10 Å². The molecule has 0 amide bonds. The standard InChI is InChI=1S/C27H31N3O4S/c1-4-25-26(28-29-27(25)19(3)31)14-21-7-5-8-22(13-21)17-35(32,33)30-18(2)23-9-6-10-24(15-23)34-16-20-11-12-20/h4-10,13,15,18,20,30-31H,1,3,11-12,14,16-17H2,2H3,(H,28,29)/t18-/m1/s1. The lowest BCUT2D eigenvalue weighted by atomic mass is 10.0. The molecule has 35 heavy (non-hydrogen) atoms. The van der Waals surface area contributed by atoms with E-state index in [2.05, 4.69) is 28.1 Å². The minimum absolute atomic E-state index is 0.137. The molecular formula is C27H31N3O4S. The molecule has 2 aromatic carbocycles. The van der Waals surface area contributed by atoms with Gasteiger partial charge in [0.1, 0.15) is 17.2 Å². The second-order valence-electron chi connectivity index (χ2n) is 9.04. The molecule has 184 valence electrons. The summed E-state index contributed by atoms with van der Waals surface area (Å²) in [5.74, 6) is 1.14. The third-order valence-electron chi connectivity index (χ3n) is 5.99. The first-order valence-electron chi connectivity index (χ1n) is 11.6. The van der Waals surface area contributed by atoms with Crippen molar-refractivity contribution in [1.82, 2.24) is 14.9 Å². The first-order valence-corrected chi connectivity index (χ1v) is 13.3. The highest BCUT2D eigenvalue weighted by Crippen LogP contribution is 2.30. The first kappa shape index (κ1) is 24.8. The molecule has 1 saturated carbocycles. The lowest BCUT2D eigenvalue weighted by molar-refractivity contribution is 0.299. The molecule has 1 aliphatic rings.